The lowest BCUT2D eigenvalue weighted by Crippen LogP contribution is -2.12. The van der Waals surface area contributed by atoms with Crippen LogP contribution in [0.5, 0.6) is 0 Å². The lowest BCUT2D eigenvalue weighted by molar-refractivity contribution is 0.1000. The summed E-state index contributed by atoms with van der Waals surface area (Å²) in [4.78, 5) is 10.9. The van der Waals surface area contributed by atoms with Gasteiger partial charge in [0.1, 0.15) is 5.82 Å². The van der Waals surface area contributed by atoms with E-state index in [4.69, 9.17) is 5.73 Å². The third kappa shape index (κ3) is 3.31. The van der Waals surface area contributed by atoms with Crippen LogP contribution in [-0.2, 0) is 6.54 Å². The van der Waals surface area contributed by atoms with Crippen LogP contribution in [0.3, 0.4) is 0 Å². The lowest BCUT2D eigenvalue weighted by atomic mass is 10.1. The number of nitrogens with one attached hydrogen (secondary N) is 1. The molecule has 2 aromatic carbocycles. The number of carbonyl (C=O) groups is 1. The quantitative estimate of drug-likeness (QED) is 0.886. The number of anilines is 1. The molecule has 0 radical (unpaired) electrons. The first kappa shape index (κ1) is 13.1. The first-order chi connectivity index (χ1) is 9.06. The average Bonchev–Trinajstić information content (AvgIpc) is 2.39. The molecule has 0 atom stereocenters. The zero-order valence-corrected chi connectivity index (χ0v) is 10.6. The maximum atomic E-state index is 13.7. The average molecular weight is 258 g/mol. The first-order valence-electron chi connectivity index (χ1n) is 5.95. The number of primary amides is 1. The van der Waals surface area contributed by atoms with Crippen molar-refractivity contribution in [3.8, 4) is 0 Å². The predicted molar refractivity (Wildman–Crippen MR) is 73.4 cm³/mol. The largest absolute Gasteiger partial charge is 0.381 e. The molecule has 0 saturated heterocycles. The molecule has 0 unspecified atom stereocenters. The van der Waals surface area contributed by atoms with Gasteiger partial charge in [-0.2, -0.15) is 0 Å². The Morgan fingerprint density at radius 3 is 2.47 bits per heavy atom. The Morgan fingerprint density at radius 2 is 1.89 bits per heavy atom. The summed E-state index contributed by atoms with van der Waals surface area (Å²) in [5.41, 5.74) is 7.85. The number of hydrogen-bond donors (Lipinski definition) is 2. The van der Waals surface area contributed by atoms with Gasteiger partial charge in [0.2, 0.25) is 5.91 Å². The summed E-state index contributed by atoms with van der Waals surface area (Å²) in [5.74, 6) is -1.06. The van der Waals surface area contributed by atoms with E-state index in [0.717, 1.165) is 11.8 Å². The number of benzene rings is 2. The monoisotopic (exact) mass is 258 g/mol. The summed E-state index contributed by atoms with van der Waals surface area (Å²) in [5, 5.41) is 3.12. The number of hydrogen-bond acceptors (Lipinski definition) is 2. The van der Waals surface area contributed by atoms with Gasteiger partial charge in [-0.15, -0.1) is 0 Å². The minimum absolute atomic E-state index is 0.177. The van der Waals surface area contributed by atoms with Crippen LogP contribution in [0.1, 0.15) is 21.5 Å². The van der Waals surface area contributed by atoms with E-state index in [1.54, 1.807) is 6.07 Å². The molecule has 3 N–H and O–H groups in total. The van der Waals surface area contributed by atoms with Crippen LogP contribution >= 0.6 is 0 Å². The molecule has 0 heterocycles. The van der Waals surface area contributed by atoms with Crippen molar-refractivity contribution in [1.29, 1.82) is 0 Å². The molecule has 0 aliphatic rings. The number of aryl methyl sites for hydroxylation is 1. The van der Waals surface area contributed by atoms with Gasteiger partial charge in [-0.3, -0.25) is 4.79 Å². The molecule has 0 spiro atoms. The molecule has 2 aromatic rings. The summed E-state index contributed by atoms with van der Waals surface area (Å²) in [7, 11) is 0. The molecule has 3 nitrogen and oxygen atoms in total. The molecule has 0 fully saturated rings. The number of amides is 1. The minimum Gasteiger partial charge on any atom is -0.381 e. The molecule has 0 aliphatic heterocycles. The van der Waals surface area contributed by atoms with Crippen LogP contribution in [-0.4, -0.2) is 5.91 Å². The van der Waals surface area contributed by atoms with E-state index in [-0.39, 0.29) is 5.56 Å². The summed E-state index contributed by atoms with van der Waals surface area (Å²) in [6, 6.07) is 12.1. The first-order valence-corrected chi connectivity index (χ1v) is 5.95. The molecular formula is C15H15FN2O. The molecule has 0 aliphatic carbocycles. The highest BCUT2D eigenvalue weighted by Crippen LogP contribution is 2.14. The second-order valence-electron chi connectivity index (χ2n) is 4.39. The SMILES string of the molecule is Cc1ccc(NCc2ccc(C(N)=O)cc2F)cc1. The molecule has 19 heavy (non-hydrogen) atoms. The van der Waals surface area contributed by atoms with Gasteiger partial charge in [-0.1, -0.05) is 23.8 Å². The van der Waals surface area contributed by atoms with Crippen molar-refractivity contribution in [1.82, 2.24) is 0 Å². The molecule has 2 rings (SSSR count). The Morgan fingerprint density at radius 1 is 1.21 bits per heavy atom. The van der Waals surface area contributed by atoms with Crippen molar-refractivity contribution < 1.29 is 9.18 Å². The fourth-order valence-corrected chi connectivity index (χ4v) is 1.71. The predicted octanol–water partition coefficient (Wildman–Crippen LogP) is 2.85. The number of rotatable bonds is 4. The molecule has 98 valence electrons. The van der Waals surface area contributed by atoms with Crippen LogP contribution < -0.4 is 11.1 Å². The highest BCUT2D eigenvalue weighted by atomic mass is 19.1. The Kier molecular flexibility index (Phi) is 3.80. The highest BCUT2D eigenvalue weighted by molar-refractivity contribution is 5.92. The number of carbonyl (C=O) groups excluding carboxylic acids is 1. The van der Waals surface area contributed by atoms with E-state index in [9.17, 15) is 9.18 Å². The fourth-order valence-electron chi connectivity index (χ4n) is 1.71. The number of halogens is 1. The van der Waals surface area contributed by atoms with Gasteiger partial charge in [-0.05, 0) is 31.2 Å². The van der Waals surface area contributed by atoms with E-state index >= 15 is 0 Å². The Balaban J connectivity index is 2.07. The van der Waals surface area contributed by atoms with Crippen molar-refractivity contribution in [2.45, 2.75) is 13.5 Å². The Labute approximate surface area is 111 Å². The molecule has 4 heteroatoms. The van der Waals surface area contributed by atoms with Crippen LogP contribution in [0.15, 0.2) is 42.5 Å². The third-order valence-corrected chi connectivity index (χ3v) is 2.87. The molecular weight excluding hydrogens is 243 g/mol. The van der Waals surface area contributed by atoms with E-state index in [0.29, 0.717) is 12.1 Å². The molecule has 0 saturated carbocycles. The summed E-state index contributed by atoms with van der Waals surface area (Å²) < 4.78 is 13.7. The summed E-state index contributed by atoms with van der Waals surface area (Å²) >= 11 is 0. The second-order valence-corrected chi connectivity index (χ2v) is 4.39. The lowest BCUT2D eigenvalue weighted by Gasteiger charge is -2.08. The maximum Gasteiger partial charge on any atom is 0.248 e. The standard InChI is InChI=1S/C15H15FN2O/c1-10-2-6-13(7-3-10)18-9-12-5-4-11(15(17)19)8-14(12)16/h2-8,18H,9H2,1H3,(H2,17,19). The zero-order chi connectivity index (χ0) is 13.8. The van der Waals surface area contributed by atoms with E-state index in [2.05, 4.69) is 5.32 Å². The Hall–Kier alpha value is -2.36. The smallest absolute Gasteiger partial charge is 0.248 e. The van der Waals surface area contributed by atoms with Crippen LogP contribution in [0, 0.1) is 12.7 Å². The van der Waals surface area contributed by atoms with Crippen LogP contribution in [0.2, 0.25) is 0 Å². The fraction of sp³-hybridized carbons (Fsp3) is 0.133. The van der Waals surface area contributed by atoms with Gasteiger partial charge in [0.25, 0.3) is 0 Å². The zero-order valence-electron chi connectivity index (χ0n) is 10.6. The third-order valence-electron chi connectivity index (χ3n) is 2.87. The van der Waals surface area contributed by atoms with E-state index in [1.165, 1.54) is 11.6 Å². The maximum absolute atomic E-state index is 13.7. The van der Waals surface area contributed by atoms with Crippen molar-refractivity contribution in [2.24, 2.45) is 5.73 Å². The highest BCUT2D eigenvalue weighted by Gasteiger charge is 2.06. The van der Waals surface area contributed by atoms with E-state index in [1.807, 2.05) is 31.2 Å². The molecule has 0 aromatic heterocycles. The van der Waals surface area contributed by atoms with Gasteiger partial charge in [0, 0.05) is 23.4 Å². The van der Waals surface area contributed by atoms with Gasteiger partial charge >= 0.3 is 0 Å². The van der Waals surface area contributed by atoms with Crippen molar-refractivity contribution in [3.05, 3.63) is 65.0 Å². The summed E-state index contributed by atoms with van der Waals surface area (Å²) in [6.07, 6.45) is 0. The minimum atomic E-state index is -0.628. The van der Waals surface area contributed by atoms with Crippen molar-refractivity contribution >= 4 is 11.6 Å². The van der Waals surface area contributed by atoms with Crippen LogP contribution in [0.4, 0.5) is 10.1 Å². The molecule has 0 bridgehead atoms. The van der Waals surface area contributed by atoms with Gasteiger partial charge in [-0.25, -0.2) is 4.39 Å². The van der Waals surface area contributed by atoms with Crippen LogP contribution in [0.25, 0.3) is 0 Å². The van der Waals surface area contributed by atoms with Crippen molar-refractivity contribution in [3.63, 3.8) is 0 Å². The normalized spacial score (nSPS) is 10.2. The van der Waals surface area contributed by atoms with E-state index < -0.39 is 11.7 Å². The Bertz CT molecular complexity index is 594. The topological polar surface area (TPSA) is 55.1 Å². The van der Waals surface area contributed by atoms with Gasteiger partial charge < -0.3 is 11.1 Å². The number of nitrogens with two attached hydrogens (primary N) is 1. The van der Waals surface area contributed by atoms with Gasteiger partial charge in [0.05, 0.1) is 0 Å². The van der Waals surface area contributed by atoms with Gasteiger partial charge in [0.15, 0.2) is 0 Å². The second kappa shape index (κ2) is 5.52. The molecule has 1 amide bonds. The van der Waals surface area contributed by atoms with Crippen molar-refractivity contribution in [2.75, 3.05) is 5.32 Å². The summed E-state index contributed by atoms with van der Waals surface area (Å²) in [6.45, 7) is 2.36.